The van der Waals surface area contributed by atoms with E-state index in [2.05, 4.69) is 19.7 Å². The van der Waals surface area contributed by atoms with Crippen LogP contribution in [0.5, 0.6) is 0 Å². The molecule has 0 bridgehead atoms. The molecule has 3 aromatic heterocycles. The highest BCUT2D eigenvalue weighted by Crippen LogP contribution is 2.26. The number of hydrogen-bond acceptors (Lipinski definition) is 7. The Morgan fingerprint density at radius 3 is 2.81 bits per heavy atom. The van der Waals surface area contributed by atoms with Gasteiger partial charge in [0, 0.05) is 37.8 Å². The first-order chi connectivity index (χ1) is 13.2. The minimum absolute atomic E-state index is 0.218. The monoisotopic (exact) mass is 364 g/mol. The molecule has 0 fully saturated rings. The highest BCUT2D eigenvalue weighted by Gasteiger charge is 2.27. The van der Waals surface area contributed by atoms with Crippen LogP contribution in [-0.2, 0) is 17.7 Å². The van der Waals surface area contributed by atoms with E-state index in [1.807, 2.05) is 12.1 Å². The Balaban J connectivity index is 1.55. The van der Waals surface area contributed by atoms with Gasteiger partial charge in [-0.25, -0.2) is 9.78 Å². The van der Waals surface area contributed by atoms with Crippen LogP contribution in [0.4, 0.5) is 0 Å². The average molecular weight is 364 g/mol. The molecule has 3 aromatic rings. The molecule has 0 aliphatic carbocycles. The predicted molar refractivity (Wildman–Crippen MR) is 93.8 cm³/mol. The standard InChI is InChI=1S/C19H16N4O4/c1-26-19(25)14-7-13(9-21-10-14)18(24)23-6-4-16-15(11-23)22-17(27-16)12-3-2-5-20-8-12/h2-3,5,7-10H,4,6,11H2,1H3. The maximum absolute atomic E-state index is 12.8. The van der Waals surface area contributed by atoms with E-state index in [1.54, 1.807) is 17.3 Å². The lowest BCUT2D eigenvalue weighted by atomic mass is 10.1. The van der Waals surface area contributed by atoms with Crippen LogP contribution in [0, 0.1) is 0 Å². The van der Waals surface area contributed by atoms with Gasteiger partial charge in [0.05, 0.1) is 30.3 Å². The second-order valence-corrected chi connectivity index (χ2v) is 6.06. The number of carbonyl (C=O) groups is 2. The van der Waals surface area contributed by atoms with Crippen molar-refractivity contribution in [3.05, 3.63) is 65.6 Å². The van der Waals surface area contributed by atoms with Gasteiger partial charge in [-0.2, -0.15) is 0 Å². The molecular formula is C19H16N4O4. The Hall–Kier alpha value is -3.55. The molecule has 0 unspecified atom stereocenters. The molecular weight excluding hydrogens is 348 g/mol. The van der Waals surface area contributed by atoms with E-state index in [4.69, 9.17) is 4.42 Å². The largest absolute Gasteiger partial charge is 0.465 e. The molecule has 0 saturated heterocycles. The topological polar surface area (TPSA) is 98.4 Å². The molecule has 0 aromatic carbocycles. The van der Waals surface area contributed by atoms with E-state index < -0.39 is 5.97 Å². The predicted octanol–water partition coefficient (Wildman–Crippen LogP) is 2.12. The minimum atomic E-state index is -0.532. The van der Waals surface area contributed by atoms with Gasteiger partial charge in [-0.05, 0) is 18.2 Å². The zero-order valence-electron chi connectivity index (χ0n) is 14.6. The Labute approximate surface area is 154 Å². The molecule has 1 aliphatic rings. The van der Waals surface area contributed by atoms with Crippen molar-refractivity contribution in [3.63, 3.8) is 0 Å². The number of carbonyl (C=O) groups excluding carboxylic acids is 2. The number of aromatic nitrogens is 3. The number of fused-ring (bicyclic) bond motifs is 1. The summed E-state index contributed by atoms with van der Waals surface area (Å²) < 4.78 is 10.5. The molecule has 8 heteroatoms. The van der Waals surface area contributed by atoms with Crippen LogP contribution >= 0.6 is 0 Å². The smallest absolute Gasteiger partial charge is 0.339 e. The Morgan fingerprint density at radius 1 is 1.19 bits per heavy atom. The van der Waals surface area contributed by atoms with Gasteiger partial charge in [-0.15, -0.1) is 0 Å². The van der Waals surface area contributed by atoms with Crippen LogP contribution in [0.3, 0.4) is 0 Å². The molecule has 8 nitrogen and oxygen atoms in total. The molecule has 1 aliphatic heterocycles. The number of esters is 1. The maximum Gasteiger partial charge on any atom is 0.339 e. The lowest BCUT2D eigenvalue weighted by Gasteiger charge is -2.25. The van der Waals surface area contributed by atoms with Gasteiger partial charge in [0.1, 0.15) is 11.5 Å². The SMILES string of the molecule is COC(=O)c1cncc(C(=O)N2CCc3oc(-c4cccnc4)nc3C2)c1. The van der Waals surface area contributed by atoms with E-state index >= 15 is 0 Å². The van der Waals surface area contributed by atoms with Gasteiger partial charge in [0.15, 0.2) is 0 Å². The van der Waals surface area contributed by atoms with Crippen molar-refractivity contribution in [2.24, 2.45) is 0 Å². The third kappa shape index (κ3) is 3.29. The molecule has 0 saturated carbocycles. The fraction of sp³-hybridized carbons (Fsp3) is 0.211. The van der Waals surface area contributed by atoms with Gasteiger partial charge in [-0.1, -0.05) is 0 Å². The average Bonchev–Trinajstić information content (AvgIpc) is 3.16. The summed E-state index contributed by atoms with van der Waals surface area (Å²) in [6.07, 6.45) is 6.74. The summed E-state index contributed by atoms with van der Waals surface area (Å²) in [7, 11) is 1.29. The van der Waals surface area contributed by atoms with Crippen molar-refractivity contribution in [1.29, 1.82) is 0 Å². The molecule has 4 rings (SSSR count). The second-order valence-electron chi connectivity index (χ2n) is 6.06. The van der Waals surface area contributed by atoms with Gasteiger partial charge in [-0.3, -0.25) is 14.8 Å². The van der Waals surface area contributed by atoms with E-state index in [0.717, 1.165) is 17.0 Å². The summed E-state index contributed by atoms with van der Waals surface area (Å²) in [4.78, 5) is 38.7. The number of pyridine rings is 2. The van der Waals surface area contributed by atoms with Crippen LogP contribution < -0.4 is 0 Å². The number of hydrogen-bond donors (Lipinski definition) is 0. The first kappa shape index (κ1) is 16.9. The maximum atomic E-state index is 12.8. The molecule has 0 spiro atoms. The number of methoxy groups -OCH3 is 1. The molecule has 136 valence electrons. The molecule has 0 atom stereocenters. The molecule has 0 radical (unpaired) electrons. The Kier molecular flexibility index (Phi) is 4.37. The van der Waals surface area contributed by atoms with Gasteiger partial charge < -0.3 is 14.1 Å². The van der Waals surface area contributed by atoms with E-state index in [9.17, 15) is 9.59 Å². The van der Waals surface area contributed by atoms with Crippen LogP contribution in [0.1, 0.15) is 32.2 Å². The van der Waals surface area contributed by atoms with Crippen molar-refractivity contribution in [1.82, 2.24) is 19.9 Å². The lowest BCUT2D eigenvalue weighted by molar-refractivity contribution is 0.0600. The summed E-state index contributed by atoms with van der Waals surface area (Å²) in [5.41, 5.74) is 2.09. The quantitative estimate of drug-likeness (QED) is 0.656. The summed E-state index contributed by atoms with van der Waals surface area (Å²) in [5.74, 6) is 0.525. The van der Waals surface area contributed by atoms with Crippen molar-refractivity contribution < 1.29 is 18.7 Å². The Bertz CT molecular complexity index is 1000. The van der Waals surface area contributed by atoms with Crippen molar-refractivity contribution >= 4 is 11.9 Å². The third-order valence-corrected chi connectivity index (χ3v) is 4.33. The summed E-state index contributed by atoms with van der Waals surface area (Å²) in [5, 5.41) is 0. The molecule has 0 N–H and O–H groups in total. The highest BCUT2D eigenvalue weighted by atomic mass is 16.5. The second kappa shape index (κ2) is 6.99. The van der Waals surface area contributed by atoms with Crippen LogP contribution in [0.2, 0.25) is 0 Å². The minimum Gasteiger partial charge on any atom is -0.465 e. The summed E-state index contributed by atoms with van der Waals surface area (Å²) >= 11 is 0. The third-order valence-electron chi connectivity index (χ3n) is 4.33. The van der Waals surface area contributed by atoms with Gasteiger partial charge in [0.25, 0.3) is 5.91 Å². The van der Waals surface area contributed by atoms with Crippen LogP contribution in [0.25, 0.3) is 11.5 Å². The first-order valence-corrected chi connectivity index (χ1v) is 8.37. The zero-order valence-corrected chi connectivity index (χ0v) is 14.6. The number of oxazole rings is 1. The number of amides is 1. The zero-order chi connectivity index (χ0) is 18.8. The van der Waals surface area contributed by atoms with Gasteiger partial charge >= 0.3 is 5.97 Å². The number of nitrogens with zero attached hydrogens (tertiary/aromatic N) is 4. The normalized spacial score (nSPS) is 13.1. The van der Waals surface area contributed by atoms with Crippen molar-refractivity contribution in [2.75, 3.05) is 13.7 Å². The number of ether oxygens (including phenoxy) is 1. The molecule has 27 heavy (non-hydrogen) atoms. The van der Waals surface area contributed by atoms with E-state index in [1.165, 1.54) is 25.6 Å². The van der Waals surface area contributed by atoms with E-state index in [0.29, 0.717) is 31.0 Å². The fourth-order valence-electron chi connectivity index (χ4n) is 2.95. The number of rotatable bonds is 3. The first-order valence-electron chi connectivity index (χ1n) is 8.37. The van der Waals surface area contributed by atoms with Gasteiger partial charge in [0.2, 0.25) is 5.89 Å². The lowest BCUT2D eigenvalue weighted by Crippen LogP contribution is -2.36. The summed E-state index contributed by atoms with van der Waals surface area (Å²) in [6, 6.07) is 5.17. The highest BCUT2D eigenvalue weighted by molar-refractivity contribution is 5.97. The van der Waals surface area contributed by atoms with Crippen LogP contribution in [0.15, 0.2) is 47.4 Å². The van der Waals surface area contributed by atoms with Crippen molar-refractivity contribution in [2.45, 2.75) is 13.0 Å². The Morgan fingerprint density at radius 2 is 2.04 bits per heavy atom. The molecule has 1 amide bonds. The molecule has 4 heterocycles. The van der Waals surface area contributed by atoms with Crippen LogP contribution in [-0.4, -0.2) is 45.4 Å². The van der Waals surface area contributed by atoms with Crippen molar-refractivity contribution in [3.8, 4) is 11.5 Å². The summed E-state index contributed by atoms with van der Waals surface area (Å²) in [6.45, 7) is 0.830. The fourth-order valence-corrected chi connectivity index (χ4v) is 2.95. The van der Waals surface area contributed by atoms with E-state index in [-0.39, 0.29) is 11.5 Å².